The molecule has 0 unspecified atom stereocenters. The summed E-state index contributed by atoms with van der Waals surface area (Å²) in [5.74, 6) is 0.506. The highest BCUT2D eigenvalue weighted by Crippen LogP contribution is 2.28. The molecule has 94 valence electrons. The van der Waals surface area contributed by atoms with E-state index in [4.69, 9.17) is 9.84 Å². The Labute approximate surface area is 102 Å². The van der Waals surface area contributed by atoms with Crippen LogP contribution in [0.2, 0.25) is 0 Å². The Kier molecular flexibility index (Phi) is 4.55. The van der Waals surface area contributed by atoms with Crippen LogP contribution in [-0.2, 0) is 0 Å². The Morgan fingerprint density at radius 2 is 1.94 bits per heavy atom. The molecule has 0 aliphatic carbocycles. The number of rotatable bonds is 5. The maximum Gasteiger partial charge on any atom is 0.335 e. The van der Waals surface area contributed by atoms with Crippen LogP contribution in [0.25, 0.3) is 0 Å². The maximum absolute atomic E-state index is 10.9. The minimum Gasteiger partial charge on any atom is -0.493 e. The lowest BCUT2D eigenvalue weighted by Gasteiger charge is -2.16. The Hall–Kier alpha value is -1.51. The fourth-order valence-corrected chi connectivity index (χ4v) is 1.53. The summed E-state index contributed by atoms with van der Waals surface area (Å²) in [5, 5.41) is 8.96. The molecule has 0 spiro atoms. The third kappa shape index (κ3) is 3.77. The molecule has 0 saturated carbocycles. The number of ether oxygens (including phenoxy) is 1. The van der Waals surface area contributed by atoms with Gasteiger partial charge in [-0.2, -0.15) is 0 Å². The minimum absolute atomic E-state index is 0.271. The average Bonchev–Trinajstić information content (AvgIpc) is 2.25. The standard InChI is InChI=1S/C14H20O3/c1-9(2)8-17-13-7-11(14(15)16)5-6-12(13)10(3)4/h5-7,9-10H,8H2,1-4H3,(H,15,16). The first-order chi connectivity index (χ1) is 7.91. The molecule has 0 atom stereocenters. The monoisotopic (exact) mass is 236 g/mol. The highest BCUT2D eigenvalue weighted by molar-refractivity contribution is 5.88. The fraction of sp³-hybridized carbons (Fsp3) is 0.500. The van der Waals surface area contributed by atoms with E-state index in [1.54, 1.807) is 12.1 Å². The molecule has 17 heavy (non-hydrogen) atoms. The summed E-state index contributed by atoms with van der Waals surface area (Å²) in [4.78, 5) is 10.9. The van der Waals surface area contributed by atoms with Gasteiger partial charge < -0.3 is 9.84 Å². The smallest absolute Gasteiger partial charge is 0.335 e. The van der Waals surface area contributed by atoms with Crippen molar-refractivity contribution in [1.29, 1.82) is 0 Å². The predicted molar refractivity (Wildman–Crippen MR) is 67.8 cm³/mol. The second-order valence-corrected chi connectivity index (χ2v) is 4.92. The molecule has 1 aromatic rings. The third-order valence-corrected chi connectivity index (χ3v) is 2.45. The van der Waals surface area contributed by atoms with Crippen molar-refractivity contribution in [2.24, 2.45) is 5.92 Å². The molecular weight excluding hydrogens is 216 g/mol. The summed E-state index contributed by atoms with van der Waals surface area (Å²) < 4.78 is 5.69. The van der Waals surface area contributed by atoms with Crippen molar-refractivity contribution in [3.8, 4) is 5.75 Å². The van der Waals surface area contributed by atoms with Crippen LogP contribution in [0.1, 0.15) is 49.5 Å². The summed E-state index contributed by atoms with van der Waals surface area (Å²) in [7, 11) is 0. The van der Waals surface area contributed by atoms with E-state index in [1.807, 2.05) is 6.07 Å². The summed E-state index contributed by atoms with van der Waals surface area (Å²) >= 11 is 0. The van der Waals surface area contributed by atoms with E-state index in [0.717, 1.165) is 5.56 Å². The molecule has 0 fully saturated rings. The number of aromatic carboxylic acids is 1. The van der Waals surface area contributed by atoms with Crippen molar-refractivity contribution >= 4 is 5.97 Å². The second kappa shape index (κ2) is 5.71. The number of carboxylic acid groups (broad SMARTS) is 1. The molecular formula is C14H20O3. The van der Waals surface area contributed by atoms with Gasteiger partial charge in [-0.25, -0.2) is 4.79 Å². The van der Waals surface area contributed by atoms with Gasteiger partial charge in [0.2, 0.25) is 0 Å². The van der Waals surface area contributed by atoms with Crippen LogP contribution in [0.5, 0.6) is 5.75 Å². The van der Waals surface area contributed by atoms with Crippen molar-refractivity contribution in [2.75, 3.05) is 6.61 Å². The summed E-state index contributed by atoms with van der Waals surface area (Å²) in [6.45, 7) is 8.87. The number of carbonyl (C=O) groups is 1. The van der Waals surface area contributed by atoms with Crippen molar-refractivity contribution in [3.05, 3.63) is 29.3 Å². The molecule has 0 heterocycles. The van der Waals surface area contributed by atoms with E-state index < -0.39 is 5.97 Å². The third-order valence-electron chi connectivity index (χ3n) is 2.45. The van der Waals surface area contributed by atoms with Crippen LogP contribution >= 0.6 is 0 Å². The van der Waals surface area contributed by atoms with E-state index in [0.29, 0.717) is 24.2 Å². The zero-order valence-corrected chi connectivity index (χ0v) is 10.9. The Bertz CT molecular complexity index is 394. The average molecular weight is 236 g/mol. The highest BCUT2D eigenvalue weighted by Gasteiger charge is 2.12. The molecule has 0 bridgehead atoms. The molecule has 1 N–H and O–H groups in total. The molecule has 3 nitrogen and oxygen atoms in total. The van der Waals surface area contributed by atoms with Gasteiger partial charge in [-0.1, -0.05) is 33.8 Å². The molecule has 0 aliphatic heterocycles. The molecule has 3 heteroatoms. The highest BCUT2D eigenvalue weighted by atomic mass is 16.5. The number of hydrogen-bond donors (Lipinski definition) is 1. The fourth-order valence-electron chi connectivity index (χ4n) is 1.53. The van der Waals surface area contributed by atoms with Crippen molar-refractivity contribution in [3.63, 3.8) is 0 Å². The predicted octanol–water partition coefficient (Wildman–Crippen LogP) is 3.54. The molecule has 0 aliphatic rings. The summed E-state index contributed by atoms with van der Waals surface area (Å²) in [6, 6.07) is 5.07. The lowest BCUT2D eigenvalue weighted by atomic mass is 10.0. The van der Waals surface area contributed by atoms with E-state index in [2.05, 4.69) is 27.7 Å². The Morgan fingerprint density at radius 3 is 2.41 bits per heavy atom. The first kappa shape index (κ1) is 13.6. The first-order valence-corrected chi connectivity index (χ1v) is 5.91. The van der Waals surface area contributed by atoms with E-state index in [9.17, 15) is 4.79 Å². The van der Waals surface area contributed by atoms with E-state index in [1.165, 1.54) is 0 Å². The molecule has 0 radical (unpaired) electrons. The van der Waals surface area contributed by atoms with Crippen LogP contribution < -0.4 is 4.74 Å². The van der Waals surface area contributed by atoms with Gasteiger partial charge in [0.05, 0.1) is 12.2 Å². The molecule has 1 aromatic carbocycles. The molecule has 0 saturated heterocycles. The van der Waals surface area contributed by atoms with E-state index in [-0.39, 0.29) is 5.56 Å². The SMILES string of the molecule is CC(C)COc1cc(C(=O)O)ccc1C(C)C. The van der Waals surface area contributed by atoms with E-state index >= 15 is 0 Å². The Balaban J connectivity index is 3.02. The van der Waals surface area contributed by atoms with Gasteiger partial charge in [0.15, 0.2) is 0 Å². The van der Waals surface area contributed by atoms with Gasteiger partial charge in [-0.05, 0) is 29.5 Å². The quantitative estimate of drug-likeness (QED) is 0.850. The van der Waals surface area contributed by atoms with Gasteiger partial charge in [0.25, 0.3) is 0 Å². The zero-order valence-electron chi connectivity index (χ0n) is 10.9. The van der Waals surface area contributed by atoms with Gasteiger partial charge in [-0.3, -0.25) is 0 Å². The van der Waals surface area contributed by atoms with Crippen LogP contribution in [0.3, 0.4) is 0 Å². The number of hydrogen-bond acceptors (Lipinski definition) is 2. The van der Waals surface area contributed by atoms with Crippen LogP contribution in [0.15, 0.2) is 18.2 Å². The number of benzene rings is 1. The lowest BCUT2D eigenvalue weighted by Crippen LogP contribution is -2.08. The van der Waals surface area contributed by atoms with Crippen LogP contribution in [0.4, 0.5) is 0 Å². The van der Waals surface area contributed by atoms with Gasteiger partial charge in [0, 0.05) is 0 Å². The van der Waals surface area contributed by atoms with Gasteiger partial charge in [-0.15, -0.1) is 0 Å². The summed E-state index contributed by atoms with van der Waals surface area (Å²) in [5.41, 5.74) is 1.32. The zero-order chi connectivity index (χ0) is 13.0. The molecule has 0 aromatic heterocycles. The lowest BCUT2D eigenvalue weighted by molar-refractivity contribution is 0.0696. The normalized spacial score (nSPS) is 10.9. The number of carboxylic acids is 1. The topological polar surface area (TPSA) is 46.5 Å². The van der Waals surface area contributed by atoms with Crippen molar-refractivity contribution < 1.29 is 14.6 Å². The van der Waals surface area contributed by atoms with Crippen LogP contribution in [0, 0.1) is 5.92 Å². The molecule has 0 amide bonds. The van der Waals surface area contributed by atoms with Crippen LogP contribution in [-0.4, -0.2) is 17.7 Å². The summed E-state index contributed by atoms with van der Waals surface area (Å²) in [6.07, 6.45) is 0. The maximum atomic E-state index is 10.9. The molecule has 1 rings (SSSR count). The van der Waals surface area contributed by atoms with Gasteiger partial charge >= 0.3 is 5.97 Å². The Morgan fingerprint density at radius 1 is 1.29 bits per heavy atom. The van der Waals surface area contributed by atoms with Gasteiger partial charge in [0.1, 0.15) is 5.75 Å². The minimum atomic E-state index is -0.922. The van der Waals surface area contributed by atoms with Crippen molar-refractivity contribution in [2.45, 2.75) is 33.6 Å². The first-order valence-electron chi connectivity index (χ1n) is 5.91. The second-order valence-electron chi connectivity index (χ2n) is 4.92. The van der Waals surface area contributed by atoms with Crippen molar-refractivity contribution in [1.82, 2.24) is 0 Å². The largest absolute Gasteiger partial charge is 0.493 e.